The minimum atomic E-state index is -0.470. The van der Waals surface area contributed by atoms with E-state index in [1.165, 1.54) is 24.3 Å². The minimum Gasteiger partial charge on any atom is -0.494 e. The molecular weight excluding hydrogens is 392 g/mol. The summed E-state index contributed by atoms with van der Waals surface area (Å²) in [5.41, 5.74) is 2.48. The van der Waals surface area contributed by atoms with E-state index in [9.17, 15) is 14.9 Å². The van der Waals surface area contributed by atoms with Gasteiger partial charge in [-0.2, -0.15) is 0 Å². The van der Waals surface area contributed by atoms with Crippen molar-refractivity contribution in [2.24, 2.45) is 0 Å². The van der Waals surface area contributed by atoms with Crippen molar-refractivity contribution in [3.05, 3.63) is 57.6 Å². The van der Waals surface area contributed by atoms with Crippen LogP contribution in [0, 0.1) is 17.0 Å². The van der Waals surface area contributed by atoms with Gasteiger partial charge in [0.15, 0.2) is 5.13 Å². The van der Waals surface area contributed by atoms with Gasteiger partial charge in [-0.15, -0.1) is 0 Å². The lowest BCUT2D eigenvalue weighted by Gasteiger charge is -2.34. The van der Waals surface area contributed by atoms with Gasteiger partial charge in [0.2, 0.25) is 0 Å². The van der Waals surface area contributed by atoms with Crippen LogP contribution in [0.15, 0.2) is 36.4 Å². The molecule has 1 aliphatic heterocycles. The Morgan fingerprint density at radius 2 is 1.83 bits per heavy atom. The molecule has 0 atom stereocenters. The molecule has 0 spiro atoms. The average Bonchev–Trinajstić information content (AvgIpc) is 3.20. The molecule has 0 radical (unpaired) electrons. The first-order chi connectivity index (χ1) is 14.0. The lowest BCUT2D eigenvalue weighted by atomic mass is 10.1. The number of nitro benzene ring substituents is 1. The summed E-state index contributed by atoms with van der Waals surface area (Å²) in [7, 11) is 1.64. The lowest BCUT2D eigenvalue weighted by molar-refractivity contribution is -0.384. The molecule has 1 aliphatic rings. The van der Waals surface area contributed by atoms with Crippen molar-refractivity contribution in [2.45, 2.75) is 6.92 Å². The van der Waals surface area contributed by atoms with Crippen molar-refractivity contribution in [3.63, 3.8) is 0 Å². The highest BCUT2D eigenvalue weighted by Gasteiger charge is 2.25. The Labute approximate surface area is 171 Å². The number of benzene rings is 2. The summed E-state index contributed by atoms with van der Waals surface area (Å²) in [6.07, 6.45) is 0. The lowest BCUT2D eigenvalue weighted by Crippen LogP contribution is -2.48. The average molecular weight is 412 g/mol. The molecule has 0 aliphatic carbocycles. The van der Waals surface area contributed by atoms with Crippen LogP contribution >= 0.6 is 11.3 Å². The van der Waals surface area contributed by atoms with E-state index in [0.717, 1.165) is 26.7 Å². The number of nitro groups is 1. The van der Waals surface area contributed by atoms with Crippen LogP contribution in [0.4, 0.5) is 10.8 Å². The molecule has 2 heterocycles. The normalized spacial score (nSPS) is 14.3. The number of methoxy groups -OCH3 is 1. The van der Waals surface area contributed by atoms with Gasteiger partial charge in [-0.25, -0.2) is 4.98 Å². The Morgan fingerprint density at radius 1 is 1.14 bits per heavy atom. The van der Waals surface area contributed by atoms with Crippen molar-refractivity contribution < 1.29 is 14.5 Å². The van der Waals surface area contributed by atoms with Crippen LogP contribution in [0.1, 0.15) is 15.9 Å². The third-order valence-corrected chi connectivity index (χ3v) is 6.33. The van der Waals surface area contributed by atoms with E-state index in [1.54, 1.807) is 23.3 Å². The maximum absolute atomic E-state index is 12.7. The van der Waals surface area contributed by atoms with E-state index in [1.807, 2.05) is 12.1 Å². The molecule has 0 N–H and O–H groups in total. The van der Waals surface area contributed by atoms with Crippen molar-refractivity contribution in [1.82, 2.24) is 9.88 Å². The second-order valence-electron chi connectivity index (χ2n) is 6.84. The summed E-state index contributed by atoms with van der Waals surface area (Å²) in [6.45, 7) is 4.56. The first-order valence-electron chi connectivity index (χ1n) is 9.20. The number of carbonyl (C=O) groups excluding carboxylic acids is 1. The van der Waals surface area contributed by atoms with Crippen LogP contribution in [-0.2, 0) is 0 Å². The van der Waals surface area contributed by atoms with Crippen LogP contribution < -0.4 is 9.64 Å². The van der Waals surface area contributed by atoms with Gasteiger partial charge >= 0.3 is 0 Å². The quantitative estimate of drug-likeness (QED) is 0.481. The zero-order valence-electron chi connectivity index (χ0n) is 16.1. The Morgan fingerprint density at radius 3 is 2.45 bits per heavy atom. The molecule has 2 aromatic carbocycles. The van der Waals surface area contributed by atoms with Gasteiger partial charge in [0.1, 0.15) is 11.3 Å². The van der Waals surface area contributed by atoms with E-state index in [2.05, 4.69) is 11.8 Å². The van der Waals surface area contributed by atoms with Gasteiger partial charge in [0.25, 0.3) is 11.6 Å². The van der Waals surface area contributed by atoms with Gasteiger partial charge in [0.05, 0.1) is 16.7 Å². The molecule has 0 bridgehead atoms. The molecule has 1 aromatic heterocycles. The molecule has 0 unspecified atom stereocenters. The number of rotatable bonds is 4. The number of hydrogen-bond donors (Lipinski definition) is 0. The Bertz CT molecular complexity index is 1070. The number of nitrogens with zero attached hydrogens (tertiary/aromatic N) is 4. The number of carbonyl (C=O) groups is 1. The summed E-state index contributed by atoms with van der Waals surface area (Å²) < 4.78 is 6.55. The molecule has 8 nitrogen and oxygen atoms in total. The third-order valence-electron chi connectivity index (χ3n) is 5.07. The van der Waals surface area contributed by atoms with Crippen LogP contribution in [0.5, 0.6) is 5.75 Å². The monoisotopic (exact) mass is 412 g/mol. The molecule has 9 heteroatoms. The number of anilines is 1. The number of amides is 1. The van der Waals surface area contributed by atoms with Crippen LogP contribution in [-0.4, -0.2) is 54.0 Å². The number of ether oxygens (including phenoxy) is 1. The van der Waals surface area contributed by atoms with Gasteiger partial charge in [-0.1, -0.05) is 17.4 Å². The van der Waals surface area contributed by atoms with Crippen molar-refractivity contribution in [1.29, 1.82) is 0 Å². The fourth-order valence-corrected chi connectivity index (χ4v) is 4.51. The molecule has 4 rings (SSSR count). The van der Waals surface area contributed by atoms with Crippen LogP contribution in [0.2, 0.25) is 0 Å². The summed E-state index contributed by atoms with van der Waals surface area (Å²) in [5.74, 6) is 0.654. The topological polar surface area (TPSA) is 88.8 Å². The first-order valence-corrected chi connectivity index (χ1v) is 10.0. The van der Waals surface area contributed by atoms with Crippen molar-refractivity contribution in [2.75, 3.05) is 38.2 Å². The van der Waals surface area contributed by atoms with Gasteiger partial charge in [0, 0.05) is 43.9 Å². The van der Waals surface area contributed by atoms with E-state index < -0.39 is 4.92 Å². The fourth-order valence-electron chi connectivity index (χ4n) is 3.41. The highest BCUT2D eigenvalue weighted by molar-refractivity contribution is 7.22. The fraction of sp³-hybridized carbons (Fsp3) is 0.300. The van der Waals surface area contributed by atoms with E-state index >= 15 is 0 Å². The van der Waals surface area contributed by atoms with Gasteiger partial charge in [-0.3, -0.25) is 14.9 Å². The number of piperazine rings is 1. The summed E-state index contributed by atoms with van der Waals surface area (Å²) in [6, 6.07) is 9.71. The Hall–Kier alpha value is -3.20. The number of hydrogen-bond acceptors (Lipinski definition) is 7. The van der Waals surface area contributed by atoms with Gasteiger partial charge < -0.3 is 14.5 Å². The van der Waals surface area contributed by atoms with Gasteiger partial charge in [-0.05, 0) is 30.7 Å². The first kappa shape index (κ1) is 19.1. The summed E-state index contributed by atoms with van der Waals surface area (Å²) in [5, 5.41) is 11.7. The molecule has 0 saturated carbocycles. The highest BCUT2D eigenvalue weighted by Crippen LogP contribution is 2.36. The number of fused-ring (bicyclic) bond motifs is 1. The smallest absolute Gasteiger partial charge is 0.269 e. The number of non-ortho nitro benzene ring substituents is 1. The highest BCUT2D eigenvalue weighted by atomic mass is 32.1. The molecule has 150 valence electrons. The molecular formula is C20H20N4O4S. The predicted molar refractivity (Wildman–Crippen MR) is 112 cm³/mol. The number of thiazole rings is 1. The predicted octanol–water partition coefficient (Wildman–Crippen LogP) is 3.48. The summed E-state index contributed by atoms with van der Waals surface area (Å²) >= 11 is 1.64. The SMILES string of the molecule is COc1ccc(C)c2sc(N3CCN(C(=O)c4ccc([N+](=O)[O-])cc4)CC3)nc12. The Balaban J connectivity index is 1.46. The maximum Gasteiger partial charge on any atom is 0.269 e. The van der Waals surface area contributed by atoms with Crippen LogP contribution in [0.3, 0.4) is 0 Å². The molecule has 3 aromatic rings. The molecule has 1 fully saturated rings. The molecule has 1 amide bonds. The van der Waals surface area contributed by atoms with Crippen molar-refractivity contribution >= 4 is 38.3 Å². The number of aromatic nitrogens is 1. The van der Waals surface area contributed by atoms with E-state index in [-0.39, 0.29) is 11.6 Å². The van der Waals surface area contributed by atoms with E-state index in [4.69, 9.17) is 9.72 Å². The zero-order valence-corrected chi connectivity index (χ0v) is 16.9. The Kier molecular flexibility index (Phi) is 5.06. The minimum absolute atomic E-state index is 0.0204. The molecule has 1 saturated heterocycles. The van der Waals surface area contributed by atoms with E-state index in [0.29, 0.717) is 31.7 Å². The largest absolute Gasteiger partial charge is 0.494 e. The standard InChI is InChI=1S/C20H20N4O4S/c1-13-3-8-16(28-2)17-18(13)29-20(21-17)23-11-9-22(10-12-23)19(25)14-4-6-15(7-5-14)24(26)27/h3-8H,9-12H2,1-2H3. The maximum atomic E-state index is 12.7. The number of aryl methyl sites for hydroxylation is 1. The zero-order chi connectivity index (χ0) is 20.5. The second-order valence-corrected chi connectivity index (χ2v) is 7.82. The second kappa shape index (κ2) is 7.67. The molecule has 29 heavy (non-hydrogen) atoms. The van der Waals surface area contributed by atoms with Crippen LogP contribution in [0.25, 0.3) is 10.2 Å². The summed E-state index contributed by atoms with van der Waals surface area (Å²) in [4.78, 5) is 31.7. The third kappa shape index (κ3) is 3.61. The van der Waals surface area contributed by atoms with Crippen molar-refractivity contribution in [3.8, 4) is 5.75 Å².